The molecule has 20 heavy (non-hydrogen) atoms. The van der Waals surface area contributed by atoms with Crippen LogP contribution in [0.5, 0.6) is 0 Å². The Morgan fingerprint density at radius 3 is 2.20 bits per heavy atom. The van der Waals surface area contributed by atoms with Crippen molar-refractivity contribution in [1.29, 1.82) is 0 Å². The maximum Gasteiger partial charge on any atom is 0.321 e. The van der Waals surface area contributed by atoms with Crippen molar-refractivity contribution < 1.29 is 28.2 Å². The molecule has 0 spiro atoms. The van der Waals surface area contributed by atoms with Crippen LogP contribution in [0, 0.1) is 0 Å². The van der Waals surface area contributed by atoms with Gasteiger partial charge in [0.25, 0.3) is 0 Å². The molecule has 110 valence electrons. The minimum Gasteiger partial charge on any atom is -0.481 e. The summed E-state index contributed by atoms with van der Waals surface area (Å²) < 4.78 is 25.4. The van der Waals surface area contributed by atoms with Crippen molar-refractivity contribution >= 4 is 22.0 Å². The van der Waals surface area contributed by atoms with Gasteiger partial charge in [-0.15, -0.1) is 0 Å². The number of sulfonamides is 1. The van der Waals surface area contributed by atoms with Gasteiger partial charge in [0.15, 0.2) is 0 Å². The summed E-state index contributed by atoms with van der Waals surface area (Å²) in [6, 6.07) is 5.96. The normalized spacial score (nSPS) is 13.1. The van der Waals surface area contributed by atoms with Crippen LogP contribution in [0.4, 0.5) is 0 Å². The Hall–Kier alpha value is -1.93. The summed E-state index contributed by atoms with van der Waals surface area (Å²) in [5, 5.41) is 17.6. The molecule has 0 amide bonds. The minimum atomic E-state index is -4.05. The standard InChI is InChI=1S/C12H15NO6S/c1-9(12(16)17)13(8-7-11(14)15)20(18,19)10-5-3-2-4-6-10/h2-6,9H,7-8H2,1H3,(H,14,15)(H,16,17)/t9-/m1/s1. The van der Waals surface area contributed by atoms with E-state index in [1.54, 1.807) is 6.07 Å². The summed E-state index contributed by atoms with van der Waals surface area (Å²) in [6.07, 6.45) is -0.469. The monoisotopic (exact) mass is 301 g/mol. The van der Waals surface area contributed by atoms with E-state index in [0.29, 0.717) is 4.31 Å². The highest BCUT2D eigenvalue weighted by Gasteiger charge is 2.32. The lowest BCUT2D eigenvalue weighted by molar-refractivity contribution is -0.142. The first-order valence-electron chi connectivity index (χ1n) is 5.78. The maximum atomic E-state index is 12.4. The van der Waals surface area contributed by atoms with Crippen molar-refractivity contribution in [1.82, 2.24) is 4.31 Å². The van der Waals surface area contributed by atoms with Gasteiger partial charge in [-0.1, -0.05) is 18.2 Å². The summed E-state index contributed by atoms with van der Waals surface area (Å²) in [6.45, 7) is 0.796. The fourth-order valence-corrected chi connectivity index (χ4v) is 3.19. The van der Waals surface area contributed by atoms with Crippen LogP contribution in [0.2, 0.25) is 0 Å². The van der Waals surface area contributed by atoms with Gasteiger partial charge < -0.3 is 10.2 Å². The zero-order valence-electron chi connectivity index (χ0n) is 10.8. The van der Waals surface area contributed by atoms with Crippen molar-refractivity contribution in [3.8, 4) is 0 Å². The molecule has 1 aromatic rings. The molecule has 0 radical (unpaired) electrons. The molecule has 7 nitrogen and oxygen atoms in total. The van der Waals surface area contributed by atoms with E-state index in [0.717, 1.165) is 0 Å². The van der Waals surface area contributed by atoms with Crippen molar-refractivity contribution in [3.05, 3.63) is 30.3 Å². The lowest BCUT2D eigenvalue weighted by Crippen LogP contribution is -2.44. The first kappa shape index (κ1) is 16.1. The summed E-state index contributed by atoms with van der Waals surface area (Å²) in [4.78, 5) is 21.5. The van der Waals surface area contributed by atoms with E-state index in [-0.39, 0.29) is 4.90 Å². The summed E-state index contributed by atoms with van der Waals surface area (Å²) in [5.74, 6) is -2.54. The molecule has 1 atom stereocenters. The van der Waals surface area contributed by atoms with Crippen molar-refractivity contribution in [2.75, 3.05) is 6.54 Å². The van der Waals surface area contributed by atoms with Gasteiger partial charge in [-0.3, -0.25) is 9.59 Å². The van der Waals surface area contributed by atoms with Crippen LogP contribution in [0.1, 0.15) is 13.3 Å². The zero-order valence-corrected chi connectivity index (χ0v) is 11.6. The van der Waals surface area contributed by atoms with Crippen LogP contribution in [0.15, 0.2) is 35.2 Å². The Morgan fingerprint density at radius 1 is 1.20 bits per heavy atom. The summed E-state index contributed by atoms with van der Waals surface area (Å²) >= 11 is 0. The van der Waals surface area contributed by atoms with E-state index in [1.165, 1.54) is 31.2 Å². The molecule has 0 aliphatic heterocycles. The third-order valence-corrected chi connectivity index (χ3v) is 4.67. The van der Waals surface area contributed by atoms with Gasteiger partial charge in [-0.25, -0.2) is 8.42 Å². The van der Waals surface area contributed by atoms with Crippen molar-refractivity contribution in [2.45, 2.75) is 24.3 Å². The van der Waals surface area contributed by atoms with Crippen LogP contribution >= 0.6 is 0 Å². The number of hydrogen-bond acceptors (Lipinski definition) is 4. The van der Waals surface area contributed by atoms with E-state index in [2.05, 4.69) is 0 Å². The smallest absolute Gasteiger partial charge is 0.321 e. The fraction of sp³-hybridized carbons (Fsp3) is 0.333. The number of carboxylic acid groups (broad SMARTS) is 2. The molecule has 0 fully saturated rings. The van der Waals surface area contributed by atoms with Gasteiger partial charge in [0.1, 0.15) is 6.04 Å². The SMILES string of the molecule is C[C@H](C(=O)O)N(CCC(=O)O)S(=O)(=O)c1ccccc1. The van der Waals surface area contributed by atoms with E-state index in [9.17, 15) is 18.0 Å². The first-order chi connectivity index (χ1) is 9.26. The Balaban J connectivity index is 3.15. The van der Waals surface area contributed by atoms with Gasteiger partial charge in [0.05, 0.1) is 11.3 Å². The van der Waals surface area contributed by atoms with E-state index in [4.69, 9.17) is 10.2 Å². The number of nitrogens with zero attached hydrogens (tertiary/aromatic N) is 1. The molecule has 2 N–H and O–H groups in total. The summed E-state index contributed by atoms with van der Waals surface area (Å²) in [5.41, 5.74) is 0. The molecule has 1 rings (SSSR count). The topological polar surface area (TPSA) is 112 Å². The lowest BCUT2D eigenvalue weighted by Gasteiger charge is -2.25. The zero-order chi connectivity index (χ0) is 15.3. The predicted octanol–water partition coefficient (Wildman–Crippen LogP) is 0.625. The van der Waals surface area contributed by atoms with Gasteiger partial charge >= 0.3 is 11.9 Å². The second-order valence-electron chi connectivity index (χ2n) is 4.09. The number of hydrogen-bond donors (Lipinski definition) is 2. The van der Waals surface area contributed by atoms with Gasteiger partial charge in [-0.2, -0.15) is 4.31 Å². The Kier molecular flexibility index (Phi) is 5.23. The Morgan fingerprint density at radius 2 is 1.75 bits per heavy atom. The van der Waals surface area contributed by atoms with Crippen LogP contribution in [0.3, 0.4) is 0 Å². The molecule has 0 saturated heterocycles. The third-order valence-electron chi connectivity index (χ3n) is 2.69. The van der Waals surface area contributed by atoms with E-state index in [1.807, 2.05) is 0 Å². The molecule has 0 unspecified atom stereocenters. The first-order valence-corrected chi connectivity index (χ1v) is 7.22. The molecule has 8 heteroatoms. The number of carbonyl (C=O) groups is 2. The molecule has 0 heterocycles. The largest absolute Gasteiger partial charge is 0.481 e. The highest BCUT2D eigenvalue weighted by atomic mass is 32.2. The average Bonchev–Trinajstić information content (AvgIpc) is 2.39. The molecule has 1 aromatic carbocycles. The molecule has 0 aliphatic carbocycles. The van der Waals surface area contributed by atoms with Crippen LogP contribution < -0.4 is 0 Å². The second kappa shape index (κ2) is 6.49. The third kappa shape index (κ3) is 3.78. The van der Waals surface area contributed by atoms with Crippen molar-refractivity contribution in [3.63, 3.8) is 0 Å². The van der Waals surface area contributed by atoms with E-state index < -0.39 is 41.0 Å². The number of carboxylic acids is 2. The van der Waals surface area contributed by atoms with E-state index >= 15 is 0 Å². The highest BCUT2D eigenvalue weighted by Crippen LogP contribution is 2.18. The highest BCUT2D eigenvalue weighted by molar-refractivity contribution is 7.89. The molecular weight excluding hydrogens is 286 g/mol. The molecule has 0 aromatic heterocycles. The summed E-state index contributed by atoms with van der Waals surface area (Å²) in [7, 11) is -4.05. The van der Waals surface area contributed by atoms with Gasteiger partial charge in [-0.05, 0) is 19.1 Å². The van der Waals surface area contributed by atoms with Crippen molar-refractivity contribution in [2.24, 2.45) is 0 Å². The maximum absolute atomic E-state index is 12.4. The van der Waals surface area contributed by atoms with Gasteiger partial charge in [0, 0.05) is 6.54 Å². The van der Waals surface area contributed by atoms with Gasteiger partial charge in [0.2, 0.25) is 10.0 Å². The second-order valence-corrected chi connectivity index (χ2v) is 5.98. The predicted molar refractivity (Wildman–Crippen MR) is 69.7 cm³/mol. The number of rotatable bonds is 7. The minimum absolute atomic E-state index is 0.0708. The number of benzene rings is 1. The Bertz CT molecular complexity index is 583. The number of aliphatic carboxylic acids is 2. The molecule has 0 bridgehead atoms. The Labute approximate surface area is 116 Å². The fourth-order valence-electron chi connectivity index (χ4n) is 1.58. The lowest BCUT2D eigenvalue weighted by atomic mass is 10.3. The quantitative estimate of drug-likeness (QED) is 0.763. The van der Waals surface area contributed by atoms with Crippen LogP contribution in [-0.2, 0) is 19.6 Å². The van der Waals surface area contributed by atoms with Crippen LogP contribution in [-0.4, -0.2) is 47.5 Å². The van der Waals surface area contributed by atoms with Crippen LogP contribution in [0.25, 0.3) is 0 Å². The molecular formula is C12H15NO6S. The average molecular weight is 301 g/mol. The molecule has 0 saturated carbocycles. The molecule has 0 aliphatic rings.